The molecule has 0 aliphatic heterocycles. The van der Waals surface area contributed by atoms with Gasteiger partial charge < -0.3 is 15.3 Å². The first-order chi connectivity index (χ1) is 10.6. The summed E-state index contributed by atoms with van der Waals surface area (Å²) >= 11 is 0. The molecule has 4 heteroatoms. The number of rotatable bonds is 15. The van der Waals surface area contributed by atoms with E-state index >= 15 is 0 Å². The van der Waals surface area contributed by atoms with E-state index in [0.29, 0.717) is 6.42 Å². The minimum atomic E-state index is -1.66. The Morgan fingerprint density at radius 3 is 1.91 bits per heavy atom. The Morgan fingerprint density at radius 1 is 0.864 bits per heavy atom. The highest BCUT2D eigenvalue weighted by molar-refractivity contribution is 5.72. The molecule has 2 unspecified atom stereocenters. The molecule has 0 rings (SSSR count). The van der Waals surface area contributed by atoms with Gasteiger partial charge in [0.15, 0.2) is 6.10 Å². The number of carboxylic acid groups (broad SMARTS) is 1. The van der Waals surface area contributed by atoms with Crippen LogP contribution in [0.2, 0.25) is 0 Å². The van der Waals surface area contributed by atoms with E-state index < -0.39 is 18.2 Å². The van der Waals surface area contributed by atoms with Crippen LogP contribution in [-0.2, 0) is 4.79 Å². The van der Waals surface area contributed by atoms with Gasteiger partial charge in [0.25, 0.3) is 0 Å². The van der Waals surface area contributed by atoms with Gasteiger partial charge in [-0.05, 0) is 32.1 Å². The highest BCUT2D eigenvalue weighted by Gasteiger charge is 2.22. The third-order valence-electron chi connectivity index (χ3n) is 3.88. The van der Waals surface area contributed by atoms with E-state index in [1.165, 1.54) is 38.5 Å². The van der Waals surface area contributed by atoms with E-state index in [2.05, 4.69) is 19.1 Å². The molecular formula is C18H34O4. The Bertz CT molecular complexity index is 289. The summed E-state index contributed by atoms with van der Waals surface area (Å²) in [5.41, 5.74) is 0. The highest BCUT2D eigenvalue weighted by Crippen LogP contribution is 2.10. The lowest BCUT2D eigenvalue weighted by atomic mass is 10.0. The zero-order valence-electron chi connectivity index (χ0n) is 14.0. The average molecular weight is 314 g/mol. The van der Waals surface area contributed by atoms with Crippen LogP contribution in [0.25, 0.3) is 0 Å². The average Bonchev–Trinajstić information content (AvgIpc) is 2.50. The fraction of sp³-hybridized carbons (Fsp3) is 0.833. The van der Waals surface area contributed by atoms with E-state index in [0.717, 1.165) is 32.1 Å². The molecule has 0 radical (unpaired) electrons. The first kappa shape index (κ1) is 21.1. The quantitative estimate of drug-likeness (QED) is 0.315. The topological polar surface area (TPSA) is 77.8 Å². The van der Waals surface area contributed by atoms with E-state index in [9.17, 15) is 9.90 Å². The Morgan fingerprint density at radius 2 is 1.36 bits per heavy atom. The maximum atomic E-state index is 10.5. The maximum Gasteiger partial charge on any atom is 0.335 e. The van der Waals surface area contributed by atoms with Crippen LogP contribution >= 0.6 is 0 Å². The number of aliphatic carboxylic acids is 1. The van der Waals surface area contributed by atoms with Gasteiger partial charge in [-0.2, -0.15) is 0 Å². The molecule has 0 aromatic rings. The summed E-state index contributed by atoms with van der Waals surface area (Å²) in [5, 5.41) is 27.1. The Kier molecular flexibility index (Phi) is 14.4. The fourth-order valence-electron chi connectivity index (χ4n) is 2.39. The molecule has 0 aliphatic rings. The van der Waals surface area contributed by atoms with Gasteiger partial charge in [0.1, 0.15) is 0 Å². The van der Waals surface area contributed by atoms with Crippen LogP contribution < -0.4 is 0 Å². The summed E-state index contributed by atoms with van der Waals surface area (Å²) in [6.45, 7) is 2.23. The van der Waals surface area contributed by atoms with Crippen LogP contribution in [0.4, 0.5) is 0 Å². The van der Waals surface area contributed by atoms with E-state index in [1.807, 2.05) is 0 Å². The van der Waals surface area contributed by atoms with Gasteiger partial charge in [-0.1, -0.05) is 64.0 Å². The van der Waals surface area contributed by atoms with Crippen LogP contribution in [0.1, 0.15) is 84.0 Å². The SMILES string of the molecule is CCCCCCCCC=CCCCCCC(O)C(O)C(=O)O. The minimum Gasteiger partial charge on any atom is -0.479 e. The van der Waals surface area contributed by atoms with Crippen LogP contribution in [0.15, 0.2) is 12.2 Å². The summed E-state index contributed by atoms with van der Waals surface area (Å²) in [6, 6.07) is 0. The number of carbonyl (C=O) groups is 1. The van der Waals surface area contributed by atoms with Gasteiger partial charge in [-0.15, -0.1) is 0 Å². The number of hydrogen-bond donors (Lipinski definition) is 3. The molecule has 0 saturated heterocycles. The number of allylic oxidation sites excluding steroid dienone is 2. The second-order valence-corrected chi connectivity index (χ2v) is 6.02. The van der Waals surface area contributed by atoms with Crippen molar-refractivity contribution in [2.45, 2.75) is 96.2 Å². The van der Waals surface area contributed by atoms with Crippen molar-refractivity contribution in [3.8, 4) is 0 Å². The maximum absolute atomic E-state index is 10.5. The van der Waals surface area contributed by atoms with Crippen molar-refractivity contribution < 1.29 is 20.1 Å². The summed E-state index contributed by atoms with van der Waals surface area (Å²) in [5.74, 6) is -1.36. The summed E-state index contributed by atoms with van der Waals surface area (Å²) < 4.78 is 0. The number of unbranched alkanes of at least 4 members (excludes halogenated alkanes) is 9. The number of aliphatic hydroxyl groups is 2. The lowest BCUT2D eigenvalue weighted by Crippen LogP contribution is -2.33. The molecule has 2 atom stereocenters. The van der Waals surface area contributed by atoms with E-state index in [1.54, 1.807) is 0 Å². The van der Waals surface area contributed by atoms with Crippen LogP contribution in [0.5, 0.6) is 0 Å². The Hall–Kier alpha value is -0.870. The van der Waals surface area contributed by atoms with Crippen molar-refractivity contribution in [1.29, 1.82) is 0 Å². The zero-order valence-corrected chi connectivity index (χ0v) is 14.0. The lowest BCUT2D eigenvalue weighted by molar-refractivity contribution is -0.153. The second kappa shape index (κ2) is 15.0. The van der Waals surface area contributed by atoms with Gasteiger partial charge in [0.2, 0.25) is 0 Å². The molecule has 0 spiro atoms. The molecule has 0 bridgehead atoms. The summed E-state index contributed by atoms with van der Waals surface area (Å²) in [7, 11) is 0. The van der Waals surface area contributed by atoms with Gasteiger partial charge in [-0.25, -0.2) is 4.79 Å². The zero-order chi connectivity index (χ0) is 16.6. The molecule has 0 heterocycles. The van der Waals surface area contributed by atoms with Crippen LogP contribution in [0.3, 0.4) is 0 Å². The lowest BCUT2D eigenvalue weighted by Gasteiger charge is -2.13. The fourth-order valence-corrected chi connectivity index (χ4v) is 2.39. The third-order valence-corrected chi connectivity index (χ3v) is 3.88. The van der Waals surface area contributed by atoms with Crippen molar-refractivity contribution in [1.82, 2.24) is 0 Å². The van der Waals surface area contributed by atoms with Gasteiger partial charge >= 0.3 is 5.97 Å². The van der Waals surface area contributed by atoms with Gasteiger partial charge in [-0.3, -0.25) is 0 Å². The molecule has 0 amide bonds. The molecule has 130 valence electrons. The normalized spacial score (nSPS) is 14.3. The molecule has 0 aromatic heterocycles. The molecule has 0 saturated carbocycles. The predicted molar refractivity (Wildman–Crippen MR) is 89.9 cm³/mol. The standard InChI is InChI=1S/C18H34O4/c1-2-3-4-5-6-7-8-9-10-11-12-13-14-15-16(19)17(20)18(21)22/h9-10,16-17,19-20H,2-8,11-15H2,1H3,(H,21,22). The molecule has 0 aromatic carbocycles. The van der Waals surface area contributed by atoms with Crippen molar-refractivity contribution in [3.05, 3.63) is 12.2 Å². The van der Waals surface area contributed by atoms with Gasteiger partial charge in [0.05, 0.1) is 6.10 Å². The first-order valence-corrected chi connectivity index (χ1v) is 8.83. The molecule has 0 fully saturated rings. The summed E-state index contributed by atoms with van der Waals surface area (Å²) in [4.78, 5) is 10.5. The smallest absolute Gasteiger partial charge is 0.335 e. The third kappa shape index (κ3) is 12.8. The predicted octanol–water partition coefficient (Wildman–Crippen LogP) is 4.05. The molecule has 22 heavy (non-hydrogen) atoms. The Balaban J connectivity index is 3.32. The molecule has 4 nitrogen and oxygen atoms in total. The highest BCUT2D eigenvalue weighted by atomic mass is 16.4. The first-order valence-electron chi connectivity index (χ1n) is 8.83. The van der Waals surface area contributed by atoms with Crippen LogP contribution in [-0.4, -0.2) is 33.5 Å². The summed E-state index contributed by atoms with van der Waals surface area (Å²) in [6.07, 6.45) is 14.9. The number of hydrogen-bond acceptors (Lipinski definition) is 3. The van der Waals surface area contributed by atoms with Crippen LogP contribution in [0, 0.1) is 0 Å². The Labute approximate surface area is 135 Å². The number of aliphatic hydroxyl groups excluding tert-OH is 2. The van der Waals surface area contributed by atoms with Gasteiger partial charge in [0, 0.05) is 0 Å². The van der Waals surface area contributed by atoms with E-state index in [4.69, 9.17) is 10.2 Å². The van der Waals surface area contributed by atoms with Crippen molar-refractivity contribution in [2.24, 2.45) is 0 Å². The van der Waals surface area contributed by atoms with Crippen molar-refractivity contribution in [2.75, 3.05) is 0 Å². The van der Waals surface area contributed by atoms with Crippen molar-refractivity contribution >= 4 is 5.97 Å². The van der Waals surface area contributed by atoms with Crippen molar-refractivity contribution in [3.63, 3.8) is 0 Å². The largest absolute Gasteiger partial charge is 0.479 e. The van der Waals surface area contributed by atoms with E-state index in [-0.39, 0.29) is 0 Å². The number of carboxylic acids is 1. The minimum absolute atomic E-state index is 0.342. The molecule has 0 aliphatic carbocycles. The second-order valence-electron chi connectivity index (χ2n) is 6.02. The molecule has 3 N–H and O–H groups in total. The monoisotopic (exact) mass is 314 g/mol. The molecular weight excluding hydrogens is 280 g/mol.